The van der Waals surface area contributed by atoms with Crippen LogP contribution in [0.3, 0.4) is 0 Å². The highest BCUT2D eigenvalue weighted by Gasteiger charge is 2.53. The van der Waals surface area contributed by atoms with E-state index in [4.69, 9.17) is 4.74 Å². The van der Waals surface area contributed by atoms with Gasteiger partial charge in [0, 0.05) is 19.0 Å². The number of ether oxygens (including phenoxy) is 1. The summed E-state index contributed by atoms with van der Waals surface area (Å²) in [7, 11) is 0. The summed E-state index contributed by atoms with van der Waals surface area (Å²) in [4.78, 5) is 25.6. The molecule has 1 saturated carbocycles. The van der Waals surface area contributed by atoms with Crippen LogP contribution in [0.1, 0.15) is 42.7 Å². The van der Waals surface area contributed by atoms with E-state index in [-0.39, 0.29) is 23.3 Å². The van der Waals surface area contributed by atoms with Crippen molar-refractivity contribution in [1.82, 2.24) is 10.2 Å². The highest BCUT2D eigenvalue weighted by atomic mass is 19.2. The molecule has 0 radical (unpaired) electrons. The van der Waals surface area contributed by atoms with E-state index in [0.29, 0.717) is 56.5 Å². The van der Waals surface area contributed by atoms with Gasteiger partial charge in [-0.2, -0.15) is 0 Å². The molecule has 3 aliphatic rings. The number of amides is 2. The molecule has 2 heterocycles. The number of hydrogen-bond acceptors (Lipinski definition) is 3. The number of aryl methyl sites for hydroxylation is 1. The maximum absolute atomic E-state index is 14.2. The van der Waals surface area contributed by atoms with Crippen LogP contribution in [0.5, 0.6) is 0 Å². The summed E-state index contributed by atoms with van der Waals surface area (Å²) in [5.74, 6) is -1.61. The van der Waals surface area contributed by atoms with Crippen molar-refractivity contribution in [2.24, 2.45) is 5.92 Å². The first-order chi connectivity index (χ1) is 12.4. The number of hydrogen-bond donors (Lipinski definition) is 1. The maximum atomic E-state index is 14.2. The molecule has 1 N–H and O–H groups in total. The van der Waals surface area contributed by atoms with Crippen LogP contribution < -0.4 is 5.32 Å². The quantitative estimate of drug-likeness (QED) is 0.878. The molecule has 1 aromatic carbocycles. The number of piperidine rings is 1. The summed E-state index contributed by atoms with van der Waals surface area (Å²) in [6.07, 6.45) is 2.06. The molecule has 0 aromatic heterocycles. The van der Waals surface area contributed by atoms with Crippen molar-refractivity contribution in [3.8, 4) is 0 Å². The van der Waals surface area contributed by atoms with Gasteiger partial charge in [0.05, 0.1) is 5.54 Å². The fourth-order valence-corrected chi connectivity index (χ4v) is 4.42. The molecule has 26 heavy (non-hydrogen) atoms. The Bertz CT molecular complexity index is 753. The Kier molecular flexibility index (Phi) is 4.12. The lowest BCUT2D eigenvalue weighted by atomic mass is 9.68. The number of likely N-dealkylation sites (tertiary alicyclic amines) is 1. The van der Waals surface area contributed by atoms with Gasteiger partial charge in [-0.15, -0.1) is 0 Å². The first-order valence-corrected chi connectivity index (χ1v) is 9.07. The van der Waals surface area contributed by atoms with E-state index in [1.165, 1.54) is 0 Å². The summed E-state index contributed by atoms with van der Waals surface area (Å²) in [5.41, 5.74) is 0.354. The molecule has 0 atom stereocenters. The topological polar surface area (TPSA) is 58.6 Å². The Morgan fingerprint density at radius 3 is 2.54 bits per heavy atom. The van der Waals surface area contributed by atoms with E-state index in [0.717, 1.165) is 0 Å². The van der Waals surface area contributed by atoms with Gasteiger partial charge in [0.15, 0.2) is 11.6 Å². The third kappa shape index (κ3) is 2.83. The molecule has 2 amide bonds. The normalized spacial score (nSPS) is 28.7. The molecule has 2 saturated heterocycles. The van der Waals surface area contributed by atoms with Gasteiger partial charge in [-0.3, -0.25) is 4.79 Å². The number of nitrogens with zero attached hydrogens (tertiary/aromatic N) is 1. The number of carbonyl (C=O) groups is 2. The second-order valence-electron chi connectivity index (χ2n) is 7.79. The van der Waals surface area contributed by atoms with Gasteiger partial charge >= 0.3 is 6.09 Å². The number of nitrogens with one attached hydrogen (secondary N) is 1. The number of alkyl carbamates (subject to hydrolysis) is 1. The Labute approximate surface area is 150 Å². The minimum atomic E-state index is -0.776. The predicted molar refractivity (Wildman–Crippen MR) is 89.6 cm³/mol. The minimum absolute atomic E-state index is 0.0654. The Balaban J connectivity index is 1.34. The third-order valence-corrected chi connectivity index (χ3v) is 6.02. The minimum Gasteiger partial charge on any atom is -0.447 e. The molecule has 0 bridgehead atoms. The Morgan fingerprint density at radius 2 is 1.92 bits per heavy atom. The van der Waals surface area contributed by atoms with Crippen molar-refractivity contribution >= 4 is 12.0 Å². The zero-order chi connectivity index (χ0) is 18.5. The van der Waals surface area contributed by atoms with Crippen molar-refractivity contribution in [3.63, 3.8) is 0 Å². The first-order valence-electron chi connectivity index (χ1n) is 9.07. The zero-order valence-electron chi connectivity index (χ0n) is 14.7. The fraction of sp³-hybridized carbons (Fsp3) is 0.579. The summed E-state index contributed by atoms with van der Waals surface area (Å²) < 4.78 is 32.9. The highest BCUT2D eigenvalue weighted by Crippen LogP contribution is 2.42. The number of rotatable bonds is 2. The van der Waals surface area contributed by atoms with Crippen LogP contribution in [0, 0.1) is 24.5 Å². The largest absolute Gasteiger partial charge is 0.447 e. The summed E-state index contributed by atoms with van der Waals surface area (Å²) in [5, 5.41) is 2.79. The highest BCUT2D eigenvalue weighted by molar-refractivity contribution is 5.81. The Morgan fingerprint density at radius 1 is 1.23 bits per heavy atom. The van der Waals surface area contributed by atoms with Crippen LogP contribution in [0.4, 0.5) is 13.6 Å². The van der Waals surface area contributed by atoms with Crippen LogP contribution in [-0.2, 0) is 9.53 Å². The van der Waals surface area contributed by atoms with Crippen molar-refractivity contribution in [2.75, 3.05) is 19.7 Å². The van der Waals surface area contributed by atoms with E-state index in [1.807, 2.05) is 4.90 Å². The van der Waals surface area contributed by atoms with Crippen LogP contribution in [0.15, 0.2) is 12.1 Å². The zero-order valence-corrected chi connectivity index (χ0v) is 14.7. The van der Waals surface area contributed by atoms with E-state index in [9.17, 15) is 18.4 Å². The van der Waals surface area contributed by atoms with Crippen molar-refractivity contribution in [3.05, 3.63) is 34.9 Å². The molecule has 4 rings (SSSR count). The third-order valence-electron chi connectivity index (χ3n) is 6.02. The smallest absolute Gasteiger partial charge is 0.407 e. The fourth-order valence-electron chi connectivity index (χ4n) is 4.42. The monoisotopic (exact) mass is 364 g/mol. The first kappa shape index (κ1) is 17.2. The van der Waals surface area contributed by atoms with Crippen molar-refractivity contribution in [2.45, 2.75) is 44.1 Å². The summed E-state index contributed by atoms with van der Waals surface area (Å²) >= 11 is 0. The van der Waals surface area contributed by atoms with Crippen molar-refractivity contribution in [1.29, 1.82) is 0 Å². The molecule has 5 nitrogen and oxygen atoms in total. The second-order valence-corrected chi connectivity index (χ2v) is 7.79. The van der Waals surface area contributed by atoms with Gasteiger partial charge in [0.25, 0.3) is 0 Å². The van der Waals surface area contributed by atoms with Gasteiger partial charge in [-0.1, -0.05) is 12.1 Å². The number of cyclic esters (lactones) is 1. The lowest BCUT2D eigenvalue weighted by molar-refractivity contribution is -0.142. The second kappa shape index (κ2) is 6.21. The van der Waals surface area contributed by atoms with Gasteiger partial charge in [-0.05, 0) is 49.7 Å². The van der Waals surface area contributed by atoms with E-state index in [2.05, 4.69) is 5.32 Å². The molecule has 3 fully saturated rings. The summed E-state index contributed by atoms with van der Waals surface area (Å²) in [6, 6.07) is 3.27. The molecule has 1 aliphatic carbocycles. The molecule has 1 spiro atoms. The molecule has 1 aromatic rings. The van der Waals surface area contributed by atoms with Crippen molar-refractivity contribution < 1.29 is 23.1 Å². The molecule has 7 heteroatoms. The van der Waals surface area contributed by atoms with Gasteiger partial charge in [0.2, 0.25) is 5.91 Å². The average Bonchev–Trinajstić information content (AvgIpc) is 3.00. The number of carbonyl (C=O) groups excluding carboxylic acids is 2. The Hall–Kier alpha value is -2.18. The SMILES string of the molecule is Cc1ccc(C2CCN(C(=O)[C@H]3C[C@]4(COC(=O)N4)C3)CC2)c(F)c1F. The average molecular weight is 364 g/mol. The number of halogens is 2. The lowest BCUT2D eigenvalue weighted by Crippen LogP contribution is -2.58. The van der Waals surface area contributed by atoms with Gasteiger partial charge in [0.1, 0.15) is 6.61 Å². The molecular formula is C19H22F2N2O3. The molecular weight excluding hydrogens is 342 g/mol. The van der Waals surface area contributed by atoms with E-state index < -0.39 is 17.7 Å². The van der Waals surface area contributed by atoms with Crippen LogP contribution >= 0.6 is 0 Å². The molecule has 140 valence electrons. The van der Waals surface area contributed by atoms with Crippen LogP contribution in [-0.4, -0.2) is 42.1 Å². The molecule has 0 unspecified atom stereocenters. The predicted octanol–water partition coefficient (Wildman–Crippen LogP) is 2.87. The number of benzene rings is 1. The van der Waals surface area contributed by atoms with E-state index in [1.54, 1.807) is 19.1 Å². The van der Waals surface area contributed by atoms with Crippen LogP contribution in [0.25, 0.3) is 0 Å². The van der Waals surface area contributed by atoms with E-state index >= 15 is 0 Å². The van der Waals surface area contributed by atoms with Crippen LogP contribution in [0.2, 0.25) is 0 Å². The van der Waals surface area contributed by atoms with Gasteiger partial charge < -0.3 is 15.0 Å². The summed E-state index contributed by atoms with van der Waals surface area (Å²) in [6.45, 7) is 2.97. The van der Waals surface area contributed by atoms with Gasteiger partial charge in [-0.25, -0.2) is 13.6 Å². The standard InChI is InChI=1S/C19H22F2N2O3/c1-11-2-3-14(16(21)15(11)20)12-4-6-23(7-5-12)17(24)13-8-19(9-13)10-26-18(25)22-19/h2-3,12-13H,4-10H2,1H3,(H,22,25)/t13-,19+. The lowest BCUT2D eigenvalue weighted by Gasteiger charge is -2.45. The maximum Gasteiger partial charge on any atom is 0.407 e. The molecule has 2 aliphatic heterocycles.